The van der Waals surface area contributed by atoms with E-state index < -0.39 is 0 Å². The average Bonchev–Trinajstić information content (AvgIpc) is 3.14. The van der Waals surface area contributed by atoms with E-state index >= 15 is 0 Å². The van der Waals surface area contributed by atoms with E-state index in [0.29, 0.717) is 22.4 Å². The third kappa shape index (κ3) is 4.75. The lowest BCUT2D eigenvalue weighted by atomic mass is 10.2. The number of hydrogen-bond acceptors (Lipinski definition) is 4. The van der Waals surface area contributed by atoms with Crippen molar-refractivity contribution < 1.29 is 9.53 Å². The number of hydrogen-bond donors (Lipinski definition) is 0. The number of ether oxygens (including phenoxy) is 1. The Kier molecular flexibility index (Phi) is 5.79. The predicted octanol–water partition coefficient (Wildman–Crippen LogP) is 5.87. The minimum Gasteiger partial charge on any atom is -0.484 e. The average molecular weight is 423 g/mol. The zero-order valence-electron chi connectivity index (χ0n) is 15.8. The van der Waals surface area contributed by atoms with E-state index in [0.717, 1.165) is 21.3 Å². The summed E-state index contributed by atoms with van der Waals surface area (Å²) in [6, 6.07) is 23.1. The molecule has 1 amide bonds. The smallest absolute Gasteiger partial charge is 0.267 e. The van der Waals surface area contributed by atoms with Crippen LogP contribution in [0.5, 0.6) is 5.75 Å². The summed E-state index contributed by atoms with van der Waals surface area (Å²) in [4.78, 5) is 19.4. The molecule has 6 heteroatoms. The molecule has 0 unspecified atom stereocenters. The Hall–Kier alpha value is -2.89. The molecule has 1 heterocycles. The Bertz CT molecular complexity index is 1140. The van der Waals surface area contributed by atoms with Crippen LogP contribution in [0.4, 0.5) is 5.13 Å². The van der Waals surface area contributed by atoms with E-state index in [9.17, 15) is 4.79 Å². The zero-order valence-corrected chi connectivity index (χ0v) is 17.4. The van der Waals surface area contributed by atoms with Gasteiger partial charge in [-0.1, -0.05) is 65.4 Å². The number of amides is 1. The standard InChI is InChI=1S/C23H19ClN2O2S/c1-16-6-5-9-19(12-16)28-15-22(27)26(14-17-7-3-2-4-8-17)23-25-20-11-10-18(24)13-21(20)29-23/h2-13H,14-15H2,1H3. The summed E-state index contributed by atoms with van der Waals surface area (Å²) in [5.74, 6) is 0.523. The molecule has 0 aliphatic rings. The monoisotopic (exact) mass is 422 g/mol. The normalized spacial score (nSPS) is 10.8. The fourth-order valence-corrected chi connectivity index (χ4v) is 4.22. The summed E-state index contributed by atoms with van der Waals surface area (Å²) in [6.07, 6.45) is 0. The van der Waals surface area contributed by atoms with Crippen LogP contribution in [-0.4, -0.2) is 17.5 Å². The Labute approximate surface area is 178 Å². The molecule has 0 saturated carbocycles. The van der Waals surface area contributed by atoms with E-state index in [2.05, 4.69) is 4.98 Å². The molecule has 4 rings (SSSR count). The maximum Gasteiger partial charge on any atom is 0.267 e. The Morgan fingerprint density at radius 2 is 1.90 bits per heavy atom. The molecule has 3 aromatic carbocycles. The van der Waals surface area contributed by atoms with Crippen LogP contribution >= 0.6 is 22.9 Å². The first-order chi connectivity index (χ1) is 14.1. The SMILES string of the molecule is Cc1cccc(OCC(=O)N(Cc2ccccc2)c2nc3ccc(Cl)cc3s2)c1. The highest BCUT2D eigenvalue weighted by Gasteiger charge is 2.21. The number of aryl methyl sites for hydroxylation is 1. The molecule has 0 atom stereocenters. The van der Waals surface area contributed by atoms with Gasteiger partial charge in [-0.25, -0.2) is 4.98 Å². The topological polar surface area (TPSA) is 42.4 Å². The Balaban J connectivity index is 1.60. The van der Waals surface area contributed by atoms with Crippen LogP contribution in [0.15, 0.2) is 72.8 Å². The van der Waals surface area contributed by atoms with Crippen molar-refractivity contribution in [2.24, 2.45) is 0 Å². The minimum atomic E-state index is -0.152. The highest BCUT2D eigenvalue weighted by atomic mass is 35.5. The van der Waals surface area contributed by atoms with Crippen molar-refractivity contribution in [1.29, 1.82) is 0 Å². The van der Waals surface area contributed by atoms with Crippen LogP contribution in [0, 0.1) is 6.92 Å². The number of nitrogens with zero attached hydrogens (tertiary/aromatic N) is 2. The van der Waals surface area contributed by atoms with E-state index in [1.165, 1.54) is 11.3 Å². The van der Waals surface area contributed by atoms with E-state index in [4.69, 9.17) is 16.3 Å². The molecular formula is C23H19ClN2O2S. The predicted molar refractivity (Wildman–Crippen MR) is 119 cm³/mol. The maximum absolute atomic E-state index is 13.1. The largest absolute Gasteiger partial charge is 0.484 e. The fraction of sp³-hybridized carbons (Fsp3) is 0.130. The van der Waals surface area contributed by atoms with E-state index in [1.54, 1.807) is 11.0 Å². The van der Waals surface area contributed by atoms with Gasteiger partial charge in [-0.2, -0.15) is 0 Å². The maximum atomic E-state index is 13.1. The van der Waals surface area contributed by atoms with Gasteiger partial charge in [-0.15, -0.1) is 0 Å². The lowest BCUT2D eigenvalue weighted by Crippen LogP contribution is -2.34. The molecule has 0 radical (unpaired) electrons. The van der Waals surface area contributed by atoms with Crippen LogP contribution in [0.2, 0.25) is 5.02 Å². The third-order valence-corrected chi connectivity index (χ3v) is 5.68. The molecule has 0 fully saturated rings. The van der Waals surface area contributed by atoms with Gasteiger partial charge in [0.25, 0.3) is 5.91 Å². The first kappa shape index (κ1) is 19.4. The van der Waals surface area contributed by atoms with Crippen molar-refractivity contribution in [2.45, 2.75) is 13.5 Å². The lowest BCUT2D eigenvalue weighted by Gasteiger charge is -2.20. The first-order valence-electron chi connectivity index (χ1n) is 9.18. The molecule has 0 aliphatic carbocycles. The second kappa shape index (κ2) is 8.64. The third-order valence-electron chi connectivity index (χ3n) is 4.41. The van der Waals surface area contributed by atoms with Crippen LogP contribution < -0.4 is 9.64 Å². The number of benzene rings is 3. The molecule has 0 saturated heterocycles. The van der Waals surface area contributed by atoms with Gasteiger partial charge in [-0.05, 0) is 48.4 Å². The van der Waals surface area contributed by atoms with Gasteiger partial charge < -0.3 is 4.74 Å². The van der Waals surface area contributed by atoms with Crippen LogP contribution in [-0.2, 0) is 11.3 Å². The van der Waals surface area contributed by atoms with Crippen molar-refractivity contribution in [3.63, 3.8) is 0 Å². The van der Waals surface area contributed by atoms with Gasteiger partial charge in [-0.3, -0.25) is 9.69 Å². The van der Waals surface area contributed by atoms with Crippen molar-refractivity contribution in [3.8, 4) is 5.75 Å². The molecule has 4 aromatic rings. The molecule has 0 aliphatic heterocycles. The molecule has 1 aromatic heterocycles. The number of aromatic nitrogens is 1. The van der Waals surface area contributed by atoms with Gasteiger partial charge in [0.15, 0.2) is 11.7 Å². The van der Waals surface area contributed by atoms with Crippen molar-refractivity contribution >= 4 is 44.2 Å². The molecule has 146 valence electrons. The molecule has 29 heavy (non-hydrogen) atoms. The van der Waals surface area contributed by atoms with E-state index in [-0.39, 0.29) is 12.5 Å². The number of thiazole rings is 1. The summed E-state index contributed by atoms with van der Waals surface area (Å²) in [5.41, 5.74) is 2.92. The summed E-state index contributed by atoms with van der Waals surface area (Å²) >= 11 is 7.55. The molecular weight excluding hydrogens is 404 g/mol. The quantitative estimate of drug-likeness (QED) is 0.390. The van der Waals surface area contributed by atoms with E-state index in [1.807, 2.05) is 73.7 Å². The highest BCUT2D eigenvalue weighted by molar-refractivity contribution is 7.22. The zero-order chi connectivity index (χ0) is 20.2. The number of carbonyl (C=O) groups excluding carboxylic acids is 1. The summed E-state index contributed by atoms with van der Waals surface area (Å²) in [6.45, 7) is 2.35. The van der Waals surface area contributed by atoms with Gasteiger partial charge >= 0.3 is 0 Å². The van der Waals surface area contributed by atoms with Crippen LogP contribution in [0.3, 0.4) is 0 Å². The second-order valence-electron chi connectivity index (χ2n) is 6.68. The summed E-state index contributed by atoms with van der Waals surface area (Å²) in [7, 11) is 0. The van der Waals surface area contributed by atoms with Gasteiger partial charge in [0.1, 0.15) is 5.75 Å². The number of carbonyl (C=O) groups is 1. The highest BCUT2D eigenvalue weighted by Crippen LogP contribution is 2.31. The molecule has 0 N–H and O–H groups in total. The minimum absolute atomic E-state index is 0.0625. The molecule has 4 nitrogen and oxygen atoms in total. The van der Waals surface area contributed by atoms with Gasteiger partial charge in [0.2, 0.25) is 0 Å². The molecule has 0 spiro atoms. The van der Waals surface area contributed by atoms with Crippen molar-refractivity contribution in [3.05, 3.63) is 88.9 Å². The number of halogens is 1. The molecule has 0 bridgehead atoms. The van der Waals surface area contributed by atoms with Crippen molar-refractivity contribution in [2.75, 3.05) is 11.5 Å². The number of anilines is 1. The number of rotatable bonds is 6. The number of fused-ring (bicyclic) bond motifs is 1. The summed E-state index contributed by atoms with van der Waals surface area (Å²) < 4.78 is 6.69. The second-order valence-corrected chi connectivity index (χ2v) is 8.12. The summed E-state index contributed by atoms with van der Waals surface area (Å²) in [5, 5.41) is 1.28. The first-order valence-corrected chi connectivity index (χ1v) is 10.4. The lowest BCUT2D eigenvalue weighted by molar-refractivity contribution is -0.120. The Morgan fingerprint density at radius 1 is 1.07 bits per heavy atom. The Morgan fingerprint density at radius 3 is 2.69 bits per heavy atom. The van der Waals surface area contributed by atoms with Crippen LogP contribution in [0.1, 0.15) is 11.1 Å². The van der Waals surface area contributed by atoms with Crippen LogP contribution in [0.25, 0.3) is 10.2 Å². The van der Waals surface area contributed by atoms with Crippen molar-refractivity contribution in [1.82, 2.24) is 4.98 Å². The van der Waals surface area contributed by atoms with Gasteiger partial charge in [0.05, 0.1) is 16.8 Å². The van der Waals surface area contributed by atoms with Gasteiger partial charge in [0, 0.05) is 5.02 Å². The fourth-order valence-electron chi connectivity index (χ4n) is 2.96.